The van der Waals surface area contributed by atoms with Gasteiger partial charge < -0.3 is 4.74 Å². The fourth-order valence-electron chi connectivity index (χ4n) is 1.30. The second-order valence-corrected chi connectivity index (χ2v) is 8.11. The van der Waals surface area contributed by atoms with Gasteiger partial charge in [-0.3, -0.25) is 0 Å². The molecule has 0 aliphatic heterocycles. The van der Waals surface area contributed by atoms with Crippen LogP contribution in [-0.4, -0.2) is 55.0 Å². The quantitative estimate of drug-likeness (QED) is 0.311. The van der Waals surface area contributed by atoms with Crippen LogP contribution in [0.4, 0.5) is 0 Å². The number of esters is 1. The van der Waals surface area contributed by atoms with E-state index in [-0.39, 0.29) is 19.7 Å². The Balaban J connectivity index is 4.73. The van der Waals surface area contributed by atoms with Crippen molar-refractivity contribution in [1.82, 2.24) is 9.44 Å². The van der Waals surface area contributed by atoms with Crippen LogP contribution in [0.5, 0.6) is 0 Å². The summed E-state index contributed by atoms with van der Waals surface area (Å²) in [6, 6.07) is 0. The van der Waals surface area contributed by atoms with Crippen LogP contribution in [-0.2, 0) is 29.6 Å². The second-order valence-electron chi connectivity index (χ2n) is 4.45. The van der Waals surface area contributed by atoms with E-state index in [0.717, 1.165) is 12.5 Å². The Hall–Kier alpha value is -1.23. The highest BCUT2D eigenvalue weighted by Crippen LogP contribution is 2.01. The van der Waals surface area contributed by atoms with Gasteiger partial charge in [-0.05, 0) is 13.3 Å². The van der Waals surface area contributed by atoms with Gasteiger partial charge in [-0.2, -0.15) is 0 Å². The van der Waals surface area contributed by atoms with Gasteiger partial charge in [-0.15, -0.1) is 0 Å². The first-order chi connectivity index (χ1) is 10.0. The number of hydrogen-bond donors (Lipinski definition) is 2. The largest absolute Gasteiger partial charge is 0.463 e. The minimum absolute atomic E-state index is 0.0252. The van der Waals surface area contributed by atoms with Crippen LogP contribution in [0.25, 0.3) is 0 Å². The third-order valence-electron chi connectivity index (χ3n) is 2.22. The van der Waals surface area contributed by atoms with Crippen molar-refractivity contribution < 1.29 is 26.4 Å². The van der Waals surface area contributed by atoms with E-state index in [4.69, 9.17) is 4.74 Å². The van der Waals surface area contributed by atoms with Gasteiger partial charge in [0.1, 0.15) is 0 Å². The SMILES string of the molecule is CCOC(=O)/C=C/C=C(\CCNS(C)(=O)=O)CNS(C)(=O)=O. The van der Waals surface area contributed by atoms with Crippen molar-refractivity contribution in [2.24, 2.45) is 0 Å². The minimum Gasteiger partial charge on any atom is -0.463 e. The molecule has 2 N–H and O–H groups in total. The molecule has 0 aliphatic carbocycles. The lowest BCUT2D eigenvalue weighted by Crippen LogP contribution is -2.27. The number of ether oxygens (including phenoxy) is 1. The lowest BCUT2D eigenvalue weighted by atomic mass is 10.2. The van der Waals surface area contributed by atoms with Crippen LogP contribution in [0.15, 0.2) is 23.8 Å². The van der Waals surface area contributed by atoms with Gasteiger partial charge in [0.05, 0.1) is 19.1 Å². The first kappa shape index (κ1) is 20.8. The zero-order valence-electron chi connectivity index (χ0n) is 12.8. The van der Waals surface area contributed by atoms with Crippen molar-refractivity contribution in [2.75, 3.05) is 32.2 Å². The number of carbonyl (C=O) groups excluding carboxylic acids is 1. The van der Waals surface area contributed by atoms with Crippen molar-refractivity contribution in [3.05, 3.63) is 23.8 Å². The van der Waals surface area contributed by atoms with Crippen LogP contribution in [0, 0.1) is 0 Å². The van der Waals surface area contributed by atoms with Crippen molar-refractivity contribution in [1.29, 1.82) is 0 Å². The summed E-state index contributed by atoms with van der Waals surface area (Å²) >= 11 is 0. The summed E-state index contributed by atoms with van der Waals surface area (Å²) < 4.78 is 53.5. The maximum Gasteiger partial charge on any atom is 0.330 e. The zero-order chi connectivity index (χ0) is 17.2. The smallest absolute Gasteiger partial charge is 0.330 e. The Morgan fingerprint density at radius 1 is 1.09 bits per heavy atom. The van der Waals surface area contributed by atoms with E-state index in [0.29, 0.717) is 12.0 Å². The number of hydrogen-bond acceptors (Lipinski definition) is 6. The van der Waals surface area contributed by atoms with Crippen LogP contribution in [0.2, 0.25) is 0 Å². The lowest BCUT2D eigenvalue weighted by Gasteiger charge is -2.08. The Kier molecular flexibility index (Phi) is 9.18. The Morgan fingerprint density at radius 2 is 1.68 bits per heavy atom. The molecule has 0 unspecified atom stereocenters. The summed E-state index contributed by atoms with van der Waals surface area (Å²) in [5, 5.41) is 0. The van der Waals surface area contributed by atoms with Gasteiger partial charge in [-0.1, -0.05) is 17.7 Å². The fraction of sp³-hybridized carbons (Fsp3) is 0.583. The molecule has 0 rings (SSSR count). The highest BCUT2D eigenvalue weighted by Gasteiger charge is 2.05. The summed E-state index contributed by atoms with van der Waals surface area (Å²) in [7, 11) is -6.68. The lowest BCUT2D eigenvalue weighted by molar-refractivity contribution is -0.137. The predicted molar refractivity (Wildman–Crippen MR) is 84.2 cm³/mol. The first-order valence-electron chi connectivity index (χ1n) is 6.45. The van der Waals surface area contributed by atoms with Crippen molar-refractivity contribution in [2.45, 2.75) is 13.3 Å². The maximum atomic E-state index is 11.1. The molecule has 0 spiro atoms. The highest BCUT2D eigenvalue weighted by molar-refractivity contribution is 7.89. The molecule has 0 amide bonds. The number of sulfonamides is 2. The topological polar surface area (TPSA) is 119 Å². The van der Waals surface area contributed by atoms with Gasteiger partial charge >= 0.3 is 5.97 Å². The number of nitrogens with one attached hydrogen (secondary N) is 2. The van der Waals surface area contributed by atoms with Gasteiger partial charge in [0.15, 0.2) is 0 Å². The van der Waals surface area contributed by atoms with Crippen LogP contribution < -0.4 is 9.44 Å². The maximum absolute atomic E-state index is 11.1. The minimum atomic E-state index is -3.37. The predicted octanol–water partition coefficient (Wildman–Crippen LogP) is -0.479. The van der Waals surface area contributed by atoms with E-state index in [9.17, 15) is 21.6 Å². The molecule has 0 atom stereocenters. The number of rotatable bonds is 10. The molecule has 8 nitrogen and oxygen atoms in total. The molecule has 0 aliphatic rings. The van der Waals surface area contributed by atoms with E-state index in [1.165, 1.54) is 12.2 Å². The molecule has 0 aromatic carbocycles. The second kappa shape index (κ2) is 9.72. The molecule has 0 aromatic heterocycles. The van der Waals surface area contributed by atoms with Gasteiger partial charge in [0, 0.05) is 19.2 Å². The van der Waals surface area contributed by atoms with Crippen LogP contribution in [0.3, 0.4) is 0 Å². The van der Waals surface area contributed by atoms with Crippen molar-refractivity contribution in [3.63, 3.8) is 0 Å². The molecule has 0 saturated carbocycles. The number of carbonyl (C=O) groups is 1. The first-order valence-corrected chi connectivity index (χ1v) is 10.2. The summed E-state index contributed by atoms with van der Waals surface area (Å²) in [5.74, 6) is -0.511. The molecule has 10 heteroatoms. The highest BCUT2D eigenvalue weighted by atomic mass is 32.2. The molecule has 0 bridgehead atoms. The third kappa shape index (κ3) is 13.7. The third-order valence-corrected chi connectivity index (χ3v) is 3.62. The van der Waals surface area contributed by atoms with Gasteiger partial charge in [0.2, 0.25) is 20.0 Å². The Bertz CT molecular complexity index is 620. The summed E-state index contributed by atoms with van der Waals surface area (Å²) in [5.41, 5.74) is 0.613. The molecule has 0 heterocycles. The zero-order valence-corrected chi connectivity index (χ0v) is 14.5. The van der Waals surface area contributed by atoms with E-state index < -0.39 is 26.0 Å². The molecular weight excluding hydrogens is 332 g/mol. The van der Waals surface area contributed by atoms with Crippen molar-refractivity contribution >= 4 is 26.0 Å². The Morgan fingerprint density at radius 3 is 2.18 bits per heavy atom. The van der Waals surface area contributed by atoms with Crippen molar-refractivity contribution in [3.8, 4) is 0 Å². The van der Waals surface area contributed by atoms with E-state index in [1.54, 1.807) is 13.0 Å². The molecule has 0 radical (unpaired) electrons. The molecule has 0 fully saturated rings. The molecular formula is C12H22N2O6S2. The normalized spacial score (nSPS) is 13.5. The van der Waals surface area contributed by atoms with E-state index >= 15 is 0 Å². The van der Waals surface area contributed by atoms with Crippen LogP contribution in [0.1, 0.15) is 13.3 Å². The van der Waals surface area contributed by atoms with Gasteiger partial charge in [0.25, 0.3) is 0 Å². The number of allylic oxidation sites excluding steroid dienone is 2. The summed E-state index contributed by atoms with van der Waals surface area (Å²) in [6.07, 6.45) is 6.52. The molecule has 0 saturated heterocycles. The Labute approximate surface area is 131 Å². The molecule has 0 aromatic rings. The molecule has 128 valence electrons. The molecule has 22 heavy (non-hydrogen) atoms. The summed E-state index contributed by atoms with van der Waals surface area (Å²) in [4.78, 5) is 11.1. The average Bonchev–Trinajstić information content (AvgIpc) is 2.33. The summed E-state index contributed by atoms with van der Waals surface area (Å²) in [6.45, 7) is 2.09. The van der Waals surface area contributed by atoms with Gasteiger partial charge in [-0.25, -0.2) is 31.1 Å². The van der Waals surface area contributed by atoms with E-state index in [2.05, 4.69) is 9.44 Å². The van der Waals surface area contributed by atoms with Crippen LogP contribution >= 0.6 is 0 Å². The fourth-order valence-corrected chi connectivity index (χ4v) is 2.22. The average molecular weight is 354 g/mol. The monoisotopic (exact) mass is 354 g/mol. The standard InChI is InChI=1S/C12H22N2O6S2/c1-4-20-12(15)7-5-6-11(10-14-22(3,18)19)8-9-13-21(2,16)17/h5-7,13-14H,4,8-10H2,1-3H3/b7-5+,11-6+. The van der Waals surface area contributed by atoms with E-state index in [1.807, 2.05) is 0 Å².